The second-order valence-corrected chi connectivity index (χ2v) is 11.7. The lowest BCUT2D eigenvalue weighted by Crippen LogP contribution is -2.46. The van der Waals surface area contributed by atoms with E-state index in [1.807, 2.05) is 12.3 Å². The zero-order chi connectivity index (χ0) is 21.2. The van der Waals surface area contributed by atoms with Crippen molar-refractivity contribution in [2.45, 2.75) is 57.2 Å². The third-order valence-corrected chi connectivity index (χ3v) is 10.6. The molecule has 4 aliphatic rings. The Morgan fingerprint density at radius 1 is 1.26 bits per heavy atom. The molecule has 1 aromatic heterocycles. The highest BCUT2D eigenvalue weighted by Gasteiger charge is 2.33. The molecule has 1 saturated heterocycles. The van der Waals surface area contributed by atoms with Gasteiger partial charge in [0.05, 0.1) is 17.1 Å². The number of aliphatic hydroxyl groups excluding tert-OH is 1. The number of aliphatic imine (C=N–C) groups is 1. The van der Waals surface area contributed by atoms with Crippen molar-refractivity contribution < 1.29 is 5.11 Å². The Labute approximate surface area is 202 Å². The molecule has 0 amide bonds. The van der Waals surface area contributed by atoms with Crippen LogP contribution in [0, 0.1) is 5.92 Å². The number of aromatic nitrogens is 1. The molecule has 6 nitrogen and oxygen atoms in total. The van der Waals surface area contributed by atoms with Crippen LogP contribution >= 0.6 is 36.9 Å². The fourth-order valence-electron chi connectivity index (χ4n) is 4.97. The second kappa shape index (κ2) is 9.80. The van der Waals surface area contributed by atoms with Crippen molar-refractivity contribution in [3.05, 3.63) is 52.2 Å². The molecule has 166 valence electrons. The molecule has 2 unspecified atom stereocenters. The maximum Gasteiger partial charge on any atom is 0.140 e. The lowest BCUT2D eigenvalue weighted by atomic mass is 9.87. The Morgan fingerprint density at radius 3 is 2.90 bits per heavy atom. The molecule has 5 rings (SSSR count). The van der Waals surface area contributed by atoms with Crippen LogP contribution in [0.5, 0.6) is 0 Å². The number of piperidine rings is 1. The molecule has 3 aliphatic heterocycles. The normalized spacial score (nSPS) is 28.9. The summed E-state index contributed by atoms with van der Waals surface area (Å²) in [6.07, 6.45) is 12.5. The fourth-order valence-corrected chi connectivity index (χ4v) is 8.15. The molecule has 31 heavy (non-hydrogen) atoms. The fraction of sp³-hybridized carbons (Fsp3) is 0.522. The Bertz CT molecular complexity index is 923. The molecule has 2 N–H and O–H groups in total. The minimum atomic E-state index is -0.239. The summed E-state index contributed by atoms with van der Waals surface area (Å²) in [6.45, 7) is 2.89. The topological polar surface area (TPSA) is 64.0 Å². The molecule has 2 fully saturated rings. The Balaban J connectivity index is 1.30. The van der Waals surface area contributed by atoms with E-state index in [-0.39, 0.29) is 27.1 Å². The maximum absolute atomic E-state index is 10.1. The Morgan fingerprint density at radius 2 is 2.13 bits per heavy atom. The van der Waals surface area contributed by atoms with Gasteiger partial charge in [0.2, 0.25) is 0 Å². The number of nitrogens with one attached hydrogen (secondary N) is 1. The number of rotatable bonds is 4. The van der Waals surface area contributed by atoms with Crippen molar-refractivity contribution in [1.29, 1.82) is 0 Å². The van der Waals surface area contributed by atoms with Gasteiger partial charge in [0.15, 0.2) is 0 Å². The van der Waals surface area contributed by atoms with E-state index in [1.165, 1.54) is 12.1 Å². The number of amidine groups is 1. The van der Waals surface area contributed by atoms with E-state index < -0.39 is 0 Å². The zero-order valence-electron chi connectivity index (χ0n) is 17.6. The number of halogens is 2. The average Bonchev–Trinajstić information content (AvgIpc) is 3.19. The standard InChI is InChI=1S/C23H29BrIN5O/c24-20-13-25-30-22(27-15-16-3-2-8-26-14-16)12-21(28-23(20)30)17-6-9-29(10-7-17)18-4-1-5-19(31)11-18/h2-3,8,12-14,17-19,28,31H,1,4-7,9-11,15H2. The Hall–Kier alpha value is -1.10. The molecule has 1 saturated carbocycles. The molecule has 4 heterocycles. The number of nitrogens with zero attached hydrogens (tertiary/aromatic N) is 4. The van der Waals surface area contributed by atoms with E-state index in [1.54, 1.807) is 6.20 Å². The molecule has 0 radical (unpaired) electrons. The smallest absolute Gasteiger partial charge is 0.140 e. The quantitative estimate of drug-likeness (QED) is 0.405. The summed E-state index contributed by atoms with van der Waals surface area (Å²) in [5, 5.41) is 13.8. The van der Waals surface area contributed by atoms with Crippen LogP contribution in [0.2, 0.25) is 0 Å². The number of hydrogen-bond acceptors (Lipinski definition) is 5. The summed E-state index contributed by atoms with van der Waals surface area (Å²) in [5.74, 6) is 2.76. The highest BCUT2D eigenvalue weighted by atomic mass is 127. The number of likely N-dealkylation sites (tertiary alicyclic amines) is 1. The van der Waals surface area contributed by atoms with Gasteiger partial charge in [0.25, 0.3) is 0 Å². The first-order valence-corrected chi connectivity index (χ1v) is 14.2. The summed E-state index contributed by atoms with van der Waals surface area (Å²) in [5.41, 5.74) is 2.44. The summed E-state index contributed by atoms with van der Waals surface area (Å²) in [6, 6.07) is 4.62. The average molecular weight is 598 g/mol. The maximum atomic E-state index is 10.1. The highest BCUT2D eigenvalue weighted by Crippen LogP contribution is 2.36. The van der Waals surface area contributed by atoms with Gasteiger partial charge in [-0.15, -0.1) is 0 Å². The molecule has 0 spiro atoms. The van der Waals surface area contributed by atoms with Gasteiger partial charge in [-0.1, -0.05) is 6.07 Å². The predicted molar refractivity (Wildman–Crippen MR) is 137 cm³/mol. The van der Waals surface area contributed by atoms with Crippen LogP contribution < -0.4 is 5.32 Å². The van der Waals surface area contributed by atoms with Gasteiger partial charge in [-0.05, 0) is 79.2 Å². The van der Waals surface area contributed by atoms with E-state index in [0.717, 1.165) is 66.9 Å². The predicted octanol–water partition coefficient (Wildman–Crippen LogP) is 4.05. The van der Waals surface area contributed by atoms with Crippen molar-refractivity contribution in [2.24, 2.45) is 10.9 Å². The third kappa shape index (κ3) is 4.96. The number of aliphatic hydroxyl groups is 1. The van der Waals surface area contributed by atoms with Crippen molar-refractivity contribution in [2.75, 3.05) is 13.1 Å². The van der Waals surface area contributed by atoms with Crippen molar-refractivity contribution in [1.82, 2.24) is 18.3 Å². The van der Waals surface area contributed by atoms with Crippen molar-refractivity contribution >= 4 is 46.8 Å². The van der Waals surface area contributed by atoms with Crippen molar-refractivity contribution in [3.8, 4) is 0 Å². The van der Waals surface area contributed by atoms with E-state index in [0.29, 0.717) is 18.5 Å². The van der Waals surface area contributed by atoms with Gasteiger partial charge in [-0.25, -0.2) is 0 Å². The number of allylic oxidation sites excluding steroid dienone is 2. The van der Waals surface area contributed by atoms with Gasteiger partial charge in [0.1, 0.15) is 11.7 Å². The zero-order valence-corrected chi connectivity index (χ0v) is 21.3. The third-order valence-electron chi connectivity index (χ3n) is 6.66. The first kappa shape index (κ1) is 21.7. The number of pyridine rings is 1. The first-order valence-electron chi connectivity index (χ1n) is 11.2. The monoisotopic (exact) mass is 597 g/mol. The van der Waals surface area contributed by atoms with Crippen LogP contribution in [-0.2, 0) is 6.54 Å². The molecular formula is C23H29BrIN5O. The van der Waals surface area contributed by atoms with Gasteiger partial charge >= 0.3 is 0 Å². The molecule has 0 aromatic carbocycles. The highest BCUT2D eigenvalue weighted by molar-refractivity contribution is 14.2. The van der Waals surface area contributed by atoms with Crippen molar-refractivity contribution in [3.63, 3.8) is 0 Å². The van der Waals surface area contributed by atoms with E-state index >= 15 is 0 Å². The van der Waals surface area contributed by atoms with Crippen LogP contribution in [0.15, 0.2) is 51.6 Å². The minimum absolute atomic E-state index is 0.102. The second-order valence-electron chi connectivity index (χ2n) is 8.73. The van der Waals surface area contributed by atoms with Gasteiger partial charge in [-0.2, -0.15) is 0 Å². The van der Waals surface area contributed by atoms with Gasteiger partial charge < -0.3 is 15.3 Å². The molecule has 0 bridgehead atoms. The van der Waals surface area contributed by atoms with Crippen LogP contribution in [0.3, 0.4) is 0 Å². The lowest BCUT2D eigenvalue weighted by Gasteiger charge is -2.41. The minimum Gasteiger partial charge on any atom is -0.393 e. The van der Waals surface area contributed by atoms with E-state index in [9.17, 15) is 5.11 Å². The molecule has 2 atom stereocenters. The Kier molecular flexibility index (Phi) is 6.87. The summed E-state index contributed by atoms with van der Waals surface area (Å²) >= 11 is 3.51. The summed E-state index contributed by atoms with van der Waals surface area (Å²) < 4.78 is 5.81. The molecule has 1 aromatic rings. The lowest BCUT2D eigenvalue weighted by molar-refractivity contribution is 0.0469. The summed E-state index contributed by atoms with van der Waals surface area (Å²) in [7, 11) is 0. The number of hydrogen-bond donors (Lipinski definition) is 2. The van der Waals surface area contributed by atoms with Crippen LogP contribution in [0.25, 0.3) is 0 Å². The largest absolute Gasteiger partial charge is 0.393 e. The SMILES string of the molecule is OC1CCCC(N2CCC(C3=CC(=NCc4cccnc4)N4I=CC(Br)=C4N3)CC2)C1. The van der Waals surface area contributed by atoms with E-state index in [2.05, 4.69) is 50.4 Å². The first-order chi connectivity index (χ1) is 15.2. The van der Waals surface area contributed by atoms with Crippen LogP contribution in [-0.4, -0.2) is 53.2 Å². The molecule has 1 aliphatic carbocycles. The molecular weight excluding hydrogens is 569 g/mol. The van der Waals surface area contributed by atoms with Crippen LogP contribution in [0.4, 0.5) is 0 Å². The van der Waals surface area contributed by atoms with Crippen LogP contribution in [0.1, 0.15) is 44.1 Å². The summed E-state index contributed by atoms with van der Waals surface area (Å²) in [4.78, 5) is 11.8. The van der Waals surface area contributed by atoms with Gasteiger partial charge in [0, 0.05) is 61.1 Å². The number of fused-ring (bicyclic) bond motifs is 1. The van der Waals surface area contributed by atoms with Gasteiger partial charge in [-0.3, -0.25) is 13.1 Å². The van der Waals surface area contributed by atoms with E-state index in [4.69, 9.17) is 4.99 Å². The molecule has 8 heteroatoms.